The first-order valence-corrected chi connectivity index (χ1v) is 10.9. The Morgan fingerprint density at radius 3 is 2.66 bits per heavy atom. The summed E-state index contributed by atoms with van der Waals surface area (Å²) >= 11 is 5.65. The number of halogens is 4. The van der Waals surface area contributed by atoms with Crippen LogP contribution in [0.15, 0.2) is 41.0 Å². The number of rotatable bonds is 6. The Morgan fingerprint density at radius 2 is 2.07 bits per heavy atom. The topological polar surface area (TPSA) is 79.6 Å². The minimum absolute atomic E-state index is 0.00332. The third kappa shape index (κ3) is 5.74. The zero-order chi connectivity index (χ0) is 21.2. The molecule has 158 valence electrons. The highest BCUT2D eigenvalue weighted by Gasteiger charge is 2.36. The van der Waals surface area contributed by atoms with Gasteiger partial charge in [-0.05, 0) is 36.8 Å². The number of furan rings is 1. The second kappa shape index (κ2) is 8.37. The number of sulfone groups is 1. The van der Waals surface area contributed by atoms with Gasteiger partial charge in [0.2, 0.25) is 5.91 Å². The Labute approximate surface area is 170 Å². The second-order valence-corrected chi connectivity index (χ2v) is 9.44. The fraction of sp³-hybridized carbons (Fsp3) is 0.389. The molecule has 0 bridgehead atoms. The van der Waals surface area contributed by atoms with Crippen LogP contribution in [0.4, 0.5) is 18.9 Å². The van der Waals surface area contributed by atoms with Crippen molar-refractivity contribution >= 4 is 33.0 Å². The molecule has 1 fully saturated rings. The molecule has 0 spiro atoms. The van der Waals surface area contributed by atoms with Gasteiger partial charge >= 0.3 is 6.18 Å². The summed E-state index contributed by atoms with van der Waals surface area (Å²) in [6.45, 7) is -0.131. The molecule has 29 heavy (non-hydrogen) atoms. The largest absolute Gasteiger partial charge is 0.468 e. The molecular weight excluding hydrogens is 433 g/mol. The molecule has 0 unspecified atom stereocenters. The molecule has 2 heterocycles. The summed E-state index contributed by atoms with van der Waals surface area (Å²) in [6.07, 6.45) is -2.91. The van der Waals surface area contributed by atoms with Crippen LogP contribution in [-0.2, 0) is 27.4 Å². The van der Waals surface area contributed by atoms with Gasteiger partial charge in [0.15, 0.2) is 9.84 Å². The molecule has 1 aliphatic heterocycles. The van der Waals surface area contributed by atoms with Gasteiger partial charge < -0.3 is 9.73 Å². The highest BCUT2D eigenvalue weighted by atomic mass is 35.5. The van der Waals surface area contributed by atoms with Crippen LogP contribution < -0.4 is 5.32 Å². The number of nitrogens with one attached hydrogen (secondary N) is 1. The summed E-state index contributed by atoms with van der Waals surface area (Å²) in [4.78, 5) is 14.1. The summed E-state index contributed by atoms with van der Waals surface area (Å²) < 4.78 is 68.6. The van der Waals surface area contributed by atoms with Gasteiger partial charge in [0.05, 0.1) is 42.1 Å². The van der Waals surface area contributed by atoms with E-state index in [1.807, 2.05) is 0 Å². The maximum atomic E-state index is 13.2. The average molecular weight is 451 g/mol. The molecule has 11 heteroatoms. The van der Waals surface area contributed by atoms with Crippen molar-refractivity contribution in [3.05, 3.63) is 52.9 Å². The number of hydrogen-bond acceptors (Lipinski definition) is 5. The molecule has 3 rings (SSSR count). The van der Waals surface area contributed by atoms with E-state index in [1.165, 1.54) is 12.3 Å². The number of alkyl halides is 3. The average Bonchev–Trinajstić information content (AvgIpc) is 3.24. The fourth-order valence-corrected chi connectivity index (χ4v) is 5.15. The van der Waals surface area contributed by atoms with Crippen molar-refractivity contribution in [1.82, 2.24) is 4.90 Å². The zero-order valence-electron chi connectivity index (χ0n) is 15.1. The lowest BCUT2D eigenvalue weighted by atomic mass is 10.1. The number of carbonyl (C=O) groups is 1. The first kappa shape index (κ1) is 21.7. The lowest BCUT2D eigenvalue weighted by molar-refractivity contribution is -0.137. The Balaban J connectivity index is 1.77. The number of benzene rings is 1. The molecule has 1 aromatic heterocycles. The van der Waals surface area contributed by atoms with Gasteiger partial charge in [-0.1, -0.05) is 11.6 Å². The standard InChI is InChI=1S/C18H18ClF3N2O4S/c19-12-3-4-16(15(8-12)18(20,21)22)23-17(25)10-24(9-14-2-1-6-28-14)13-5-7-29(26,27)11-13/h1-4,6,8,13H,5,7,9-11H2,(H,23,25)/t13-/m0/s1. The molecule has 0 radical (unpaired) electrons. The predicted octanol–water partition coefficient (Wildman–Crippen LogP) is 3.58. The van der Waals surface area contributed by atoms with Crippen LogP contribution in [0.3, 0.4) is 0 Å². The van der Waals surface area contributed by atoms with E-state index in [1.54, 1.807) is 17.0 Å². The number of amides is 1. The van der Waals surface area contributed by atoms with Crippen molar-refractivity contribution in [2.75, 3.05) is 23.4 Å². The molecule has 0 saturated carbocycles. The molecule has 1 saturated heterocycles. The van der Waals surface area contributed by atoms with Crippen LogP contribution in [0.25, 0.3) is 0 Å². The summed E-state index contributed by atoms with van der Waals surface area (Å²) in [6, 6.07) is 5.97. The van der Waals surface area contributed by atoms with Gasteiger partial charge in [-0.15, -0.1) is 0 Å². The number of nitrogens with zero attached hydrogens (tertiary/aromatic N) is 1. The van der Waals surface area contributed by atoms with Crippen molar-refractivity contribution in [3.8, 4) is 0 Å². The highest BCUT2D eigenvalue weighted by Crippen LogP contribution is 2.36. The van der Waals surface area contributed by atoms with Crippen LogP contribution in [0.1, 0.15) is 17.7 Å². The molecular formula is C18H18ClF3N2O4S. The van der Waals surface area contributed by atoms with Crippen molar-refractivity contribution in [1.29, 1.82) is 0 Å². The van der Waals surface area contributed by atoms with Crippen molar-refractivity contribution < 1.29 is 30.8 Å². The number of hydrogen-bond donors (Lipinski definition) is 1. The van der Waals surface area contributed by atoms with Gasteiger partial charge in [0.1, 0.15) is 5.76 Å². The highest BCUT2D eigenvalue weighted by molar-refractivity contribution is 7.91. The van der Waals surface area contributed by atoms with E-state index in [0.717, 1.165) is 12.1 Å². The predicted molar refractivity (Wildman–Crippen MR) is 101 cm³/mol. The quantitative estimate of drug-likeness (QED) is 0.727. The third-order valence-corrected chi connectivity index (χ3v) is 6.56. The molecule has 1 amide bonds. The van der Waals surface area contributed by atoms with Gasteiger partial charge in [-0.2, -0.15) is 13.2 Å². The van der Waals surface area contributed by atoms with E-state index in [-0.39, 0.29) is 29.6 Å². The van der Waals surface area contributed by atoms with Crippen LogP contribution >= 0.6 is 11.6 Å². The van der Waals surface area contributed by atoms with E-state index in [0.29, 0.717) is 12.2 Å². The minimum Gasteiger partial charge on any atom is -0.468 e. The SMILES string of the molecule is O=C(CN(Cc1ccco1)[C@H]1CCS(=O)(=O)C1)Nc1ccc(Cl)cc1C(F)(F)F. The van der Waals surface area contributed by atoms with E-state index < -0.39 is 39.2 Å². The normalized spacial score (nSPS) is 18.9. The molecule has 0 aliphatic carbocycles. The summed E-state index contributed by atoms with van der Waals surface area (Å²) in [5, 5.41) is 2.15. The van der Waals surface area contributed by atoms with Crippen LogP contribution in [-0.4, -0.2) is 43.3 Å². The fourth-order valence-electron chi connectivity index (χ4n) is 3.21. The Bertz CT molecular complexity index is 977. The molecule has 6 nitrogen and oxygen atoms in total. The van der Waals surface area contributed by atoms with Crippen LogP contribution in [0, 0.1) is 0 Å². The van der Waals surface area contributed by atoms with E-state index >= 15 is 0 Å². The van der Waals surface area contributed by atoms with E-state index in [2.05, 4.69) is 5.32 Å². The van der Waals surface area contributed by atoms with Crippen molar-refractivity contribution in [2.24, 2.45) is 0 Å². The van der Waals surface area contributed by atoms with Crippen molar-refractivity contribution in [3.63, 3.8) is 0 Å². The minimum atomic E-state index is -4.69. The maximum absolute atomic E-state index is 13.2. The van der Waals surface area contributed by atoms with Gasteiger partial charge in [-0.25, -0.2) is 8.42 Å². The summed E-state index contributed by atoms with van der Waals surface area (Å²) in [5.41, 5.74) is -1.47. The summed E-state index contributed by atoms with van der Waals surface area (Å²) in [7, 11) is -3.21. The number of anilines is 1. The second-order valence-electron chi connectivity index (χ2n) is 6.78. The van der Waals surface area contributed by atoms with Crippen LogP contribution in [0.2, 0.25) is 5.02 Å². The van der Waals surface area contributed by atoms with Crippen LogP contribution in [0.5, 0.6) is 0 Å². The first-order chi connectivity index (χ1) is 13.5. The molecule has 1 N–H and O–H groups in total. The monoisotopic (exact) mass is 450 g/mol. The summed E-state index contributed by atoms with van der Waals surface area (Å²) in [5.74, 6) is -0.294. The van der Waals surface area contributed by atoms with Gasteiger partial charge in [0, 0.05) is 11.1 Å². The molecule has 1 aromatic carbocycles. The number of carbonyl (C=O) groups excluding carboxylic acids is 1. The Morgan fingerprint density at radius 1 is 1.31 bits per heavy atom. The lowest BCUT2D eigenvalue weighted by Gasteiger charge is -2.26. The lowest BCUT2D eigenvalue weighted by Crippen LogP contribution is -2.41. The smallest absolute Gasteiger partial charge is 0.418 e. The molecule has 2 aromatic rings. The zero-order valence-corrected chi connectivity index (χ0v) is 16.6. The first-order valence-electron chi connectivity index (χ1n) is 8.67. The van der Waals surface area contributed by atoms with E-state index in [9.17, 15) is 26.4 Å². The maximum Gasteiger partial charge on any atom is 0.418 e. The van der Waals surface area contributed by atoms with Gasteiger partial charge in [-0.3, -0.25) is 9.69 Å². The molecule has 1 atom stereocenters. The Kier molecular flexibility index (Phi) is 6.25. The van der Waals surface area contributed by atoms with Crippen molar-refractivity contribution in [2.45, 2.75) is 25.2 Å². The third-order valence-electron chi connectivity index (χ3n) is 4.57. The van der Waals surface area contributed by atoms with Gasteiger partial charge in [0.25, 0.3) is 0 Å². The Hall–Kier alpha value is -2.04. The van der Waals surface area contributed by atoms with E-state index in [4.69, 9.17) is 16.0 Å². The molecule has 1 aliphatic rings.